The van der Waals surface area contributed by atoms with Crippen molar-refractivity contribution in [3.63, 3.8) is 0 Å². The Morgan fingerprint density at radius 2 is 2.10 bits per heavy atom. The number of nitrogens with zero attached hydrogens (tertiary/aromatic N) is 2. The van der Waals surface area contributed by atoms with Gasteiger partial charge in [-0.2, -0.15) is 0 Å². The minimum absolute atomic E-state index is 0.284. The van der Waals surface area contributed by atoms with Crippen LogP contribution in [0.5, 0.6) is 0 Å². The number of hydrogen-bond acceptors (Lipinski definition) is 3. The van der Waals surface area contributed by atoms with Gasteiger partial charge in [-0.25, -0.2) is 4.39 Å². The van der Waals surface area contributed by atoms with Crippen LogP contribution in [0.15, 0.2) is 36.5 Å². The Balaban J connectivity index is 2.18. The molecule has 21 heavy (non-hydrogen) atoms. The van der Waals surface area contributed by atoms with Crippen LogP contribution in [0, 0.1) is 12.7 Å². The lowest BCUT2D eigenvalue weighted by Gasteiger charge is -2.24. The van der Waals surface area contributed by atoms with Crippen LogP contribution in [0.4, 0.5) is 10.1 Å². The van der Waals surface area contributed by atoms with Gasteiger partial charge in [0.05, 0.1) is 6.10 Å². The van der Waals surface area contributed by atoms with E-state index >= 15 is 0 Å². The summed E-state index contributed by atoms with van der Waals surface area (Å²) in [5, 5.41) is 9.85. The van der Waals surface area contributed by atoms with Gasteiger partial charge >= 0.3 is 0 Å². The number of likely N-dealkylation sites (N-methyl/N-ethyl adjacent to an activating group) is 1. The highest BCUT2D eigenvalue weighted by Gasteiger charge is 2.15. The molecule has 3 nitrogen and oxygen atoms in total. The van der Waals surface area contributed by atoms with Crippen LogP contribution in [-0.2, 0) is 6.42 Å². The molecule has 1 atom stereocenters. The zero-order chi connectivity index (χ0) is 15.4. The third-order valence-electron chi connectivity index (χ3n) is 3.60. The highest BCUT2D eigenvalue weighted by molar-refractivity contribution is 5.56. The van der Waals surface area contributed by atoms with Crippen LogP contribution in [0.25, 0.3) is 0 Å². The van der Waals surface area contributed by atoms with Crippen LogP contribution >= 0.6 is 0 Å². The van der Waals surface area contributed by atoms with Crippen molar-refractivity contribution in [3.05, 3.63) is 59.2 Å². The number of anilines is 1. The molecule has 1 unspecified atom stereocenters. The molecule has 2 aromatic rings. The van der Waals surface area contributed by atoms with Crippen molar-refractivity contribution in [2.75, 3.05) is 18.5 Å². The molecule has 0 saturated carbocycles. The van der Waals surface area contributed by atoms with Crippen LogP contribution in [0.2, 0.25) is 0 Å². The number of aliphatic hydroxyl groups excluding tert-OH is 1. The van der Waals surface area contributed by atoms with E-state index in [1.807, 2.05) is 30.1 Å². The van der Waals surface area contributed by atoms with Crippen molar-refractivity contribution in [2.45, 2.75) is 26.4 Å². The van der Waals surface area contributed by atoms with Crippen molar-refractivity contribution in [1.29, 1.82) is 0 Å². The van der Waals surface area contributed by atoms with E-state index in [0.717, 1.165) is 24.3 Å². The highest BCUT2D eigenvalue weighted by atomic mass is 19.1. The second-order valence-corrected chi connectivity index (χ2v) is 5.33. The minimum atomic E-state index is -0.701. The van der Waals surface area contributed by atoms with E-state index < -0.39 is 6.10 Å². The molecule has 1 aromatic carbocycles. The molecule has 1 N–H and O–H groups in total. The average molecular weight is 288 g/mol. The van der Waals surface area contributed by atoms with E-state index in [1.54, 1.807) is 26.1 Å². The van der Waals surface area contributed by atoms with Gasteiger partial charge in [0, 0.05) is 43.2 Å². The number of halogens is 1. The Bertz CT molecular complexity index is 599. The zero-order valence-corrected chi connectivity index (χ0v) is 12.7. The molecule has 1 aromatic heterocycles. The molecule has 0 saturated heterocycles. The van der Waals surface area contributed by atoms with Gasteiger partial charge in [0.1, 0.15) is 5.82 Å². The van der Waals surface area contributed by atoms with Crippen molar-refractivity contribution < 1.29 is 9.50 Å². The summed E-state index contributed by atoms with van der Waals surface area (Å²) >= 11 is 0. The van der Waals surface area contributed by atoms with Crippen molar-refractivity contribution >= 4 is 5.69 Å². The fraction of sp³-hybridized carbons (Fsp3) is 0.353. The van der Waals surface area contributed by atoms with E-state index in [1.165, 1.54) is 6.07 Å². The van der Waals surface area contributed by atoms with E-state index in [2.05, 4.69) is 4.98 Å². The number of pyridine rings is 1. The van der Waals surface area contributed by atoms with Crippen LogP contribution < -0.4 is 4.90 Å². The number of aliphatic hydroxyl groups is 1. The monoisotopic (exact) mass is 288 g/mol. The van der Waals surface area contributed by atoms with Crippen LogP contribution in [0.3, 0.4) is 0 Å². The van der Waals surface area contributed by atoms with Gasteiger partial charge in [0.15, 0.2) is 0 Å². The zero-order valence-electron chi connectivity index (χ0n) is 12.7. The van der Waals surface area contributed by atoms with Crippen molar-refractivity contribution in [3.8, 4) is 0 Å². The third-order valence-corrected chi connectivity index (χ3v) is 3.60. The number of benzene rings is 1. The molecule has 2 rings (SSSR count). The Kier molecular flexibility index (Phi) is 4.91. The standard InChI is InChI=1S/C17H21FN2O/c1-12-10-17(15(13(2)21)11-16(12)18)20(3)9-7-14-6-4-5-8-19-14/h4-6,8,10-11,13,21H,7,9H2,1-3H3. The summed E-state index contributed by atoms with van der Waals surface area (Å²) in [5.41, 5.74) is 3.07. The summed E-state index contributed by atoms with van der Waals surface area (Å²) in [6.07, 6.45) is 1.87. The first-order valence-electron chi connectivity index (χ1n) is 7.08. The van der Waals surface area contributed by atoms with Crippen LogP contribution in [-0.4, -0.2) is 23.7 Å². The third kappa shape index (κ3) is 3.79. The Morgan fingerprint density at radius 3 is 2.71 bits per heavy atom. The first-order valence-corrected chi connectivity index (χ1v) is 7.08. The maximum absolute atomic E-state index is 13.7. The molecule has 1 heterocycles. The Labute approximate surface area is 125 Å². The average Bonchev–Trinajstić information content (AvgIpc) is 2.48. The second-order valence-electron chi connectivity index (χ2n) is 5.33. The molecule has 0 amide bonds. The minimum Gasteiger partial charge on any atom is -0.389 e. The molecule has 112 valence electrons. The number of aromatic nitrogens is 1. The molecule has 0 spiro atoms. The van der Waals surface area contributed by atoms with Gasteiger partial charge in [-0.1, -0.05) is 6.07 Å². The van der Waals surface area contributed by atoms with Gasteiger partial charge < -0.3 is 10.0 Å². The molecule has 4 heteroatoms. The van der Waals surface area contributed by atoms with E-state index in [9.17, 15) is 9.50 Å². The summed E-state index contributed by atoms with van der Waals surface area (Å²) in [5.74, 6) is -0.284. The summed E-state index contributed by atoms with van der Waals surface area (Å²) in [4.78, 5) is 6.33. The molecule has 0 aliphatic rings. The molecule has 0 aliphatic heterocycles. The molecule has 0 fully saturated rings. The van der Waals surface area contributed by atoms with E-state index in [-0.39, 0.29) is 5.82 Å². The topological polar surface area (TPSA) is 36.4 Å². The van der Waals surface area contributed by atoms with Gasteiger partial charge in [-0.3, -0.25) is 4.98 Å². The lowest BCUT2D eigenvalue weighted by molar-refractivity contribution is 0.199. The number of hydrogen-bond donors (Lipinski definition) is 1. The lowest BCUT2D eigenvalue weighted by atomic mass is 10.0. The normalized spacial score (nSPS) is 12.2. The van der Waals surface area contributed by atoms with Gasteiger partial charge in [0.25, 0.3) is 0 Å². The van der Waals surface area contributed by atoms with Gasteiger partial charge in [-0.05, 0) is 43.7 Å². The summed E-state index contributed by atoms with van der Waals surface area (Å²) in [6, 6.07) is 9.05. The maximum atomic E-state index is 13.7. The molecule has 0 radical (unpaired) electrons. The summed E-state index contributed by atoms with van der Waals surface area (Å²) < 4.78 is 13.7. The quantitative estimate of drug-likeness (QED) is 0.917. The predicted octanol–water partition coefficient (Wildman–Crippen LogP) is 3.26. The maximum Gasteiger partial charge on any atom is 0.126 e. The Morgan fingerprint density at radius 1 is 1.33 bits per heavy atom. The lowest BCUT2D eigenvalue weighted by Crippen LogP contribution is -2.22. The molecule has 0 bridgehead atoms. The predicted molar refractivity (Wildman–Crippen MR) is 83.0 cm³/mol. The van der Waals surface area contributed by atoms with E-state index in [0.29, 0.717) is 11.1 Å². The fourth-order valence-corrected chi connectivity index (χ4v) is 2.30. The first kappa shape index (κ1) is 15.4. The van der Waals surface area contributed by atoms with E-state index in [4.69, 9.17) is 0 Å². The van der Waals surface area contributed by atoms with Crippen molar-refractivity contribution in [2.24, 2.45) is 0 Å². The fourth-order valence-electron chi connectivity index (χ4n) is 2.30. The number of rotatable bonds is 5. The van der Waals surface area contributed by atoms with Crippen molar-refractivity contribution in [1.82, 2.24) is 4.98 Å². The largest absolute Gasteiger partial charge is 0.389 e. The summed E-state index contributed by atoms with van der Waals surface area (Å²) in [7, 11) is 1.95. The second kappa shape index (κ2) is 6.68. The van der Waals surface area contributed by atoms with Crippen LogP contribution in [0.1, 0.15) is 29.8 Å². The molecule has 0 aliphatic carbocycles. The smallest absolute Gasteiger partial charge is 0.126 e. The van der Waals surface area contributed by atoms with Gasteiger partial charge in [0.2, 0.25) is 0 Å². The summed E-state index contributed by atoms with van der Waals surface area (Å²) in [6.45, 7) is 4.14. The molecular weight excluding hydrogens is 267 g/mol. The SMILES string of the molecule is Cc1cc(N(C)CCc2ccccn2)c(C(C)O)cc1F. The molecular formula is C17H21FN2O. The highest BCUT2D eigenvalue weighted by Crippen LogP contribution is 2.28. The Hall–Kier alpha value is -1.94. The first-order chi connectivity index (χ1) is 9.99. The van der Waals surface area contributed by atoms with Gasteiger partial charge in [-0.15, -0.1) is 0 Å². The number of aryl methyl sites for hydroxylation is 1.